The topological polar surface area (TPSA) is 34.1 Å². The molecule has 1 fully saturated rings. The Balaban J connectivity index is 1.95. The molecule has 2 heterocycles. The van der Waals surface area contributed by atoms with Crippen LogP contribution in [0.1, 0.15) is 18.2 Å². The van der Waals surface area contributed by atoms with Crippen molar-refractivity contribution in [3.63, 3.8) is 0 Å². The van der Waals surface area contributed by atoms with E-state index in [-0.39, 0.29) is 5.41 Å². The van der Waals surface area contributed by atoms with E-state index in [1.165, 1.54) is 6.07 Å². The molecule has 0 amide bonds. The van der Waals surface area contributed by atoms with Crippen molar-refractivity contribution in [3.05, 3.63) is 35.5 Å². The summed E-state index contributed by atoms with van der Waals surface area (Å²) in [6.45, 7) is 5.99. The maximum Gasteiger partial charge on any atom is 0.416 e. The number of benzene rings is 1. The number of hydrogen-bond acceptors (Lipinski definition) is 3. The summed E-state index contributed by atoms with van der Waals surface area (Å²) in [5, 5.41) is 4.02. The van der Waals surface area contributed by atoms with Crippen LogP contribution >= 0.6 is 0 Å². The van der Waals surface area contributed by atoms with Crippen LogP contribution in [-0.2, 0) is 10.9 Å². The Bertz CT molecular complexity index is 708. The molecule has 1 aliphatic rings. The summed E-state index contributed by atoms with van der Waals surface area (Å²) in [6, 6.07) is 5.53. The minimum absolute atomic E-state index is 0.0788. The van der Waals surface area contributed by atoms with Crippen molar-refractivity contribution in [1.82, 2.24) is 4.98 Å². The first-order valence-electron chi connectivity index (χ1n) is 7.07. The summed E-state index contributed by atoms with van der Waals surface area (Å²) in [7, 11) is 0. The molecular weight excluding hydrogens is 293 g/mol. The van der Waals surface area contributed by atoms with Crippen LogP contribution in [0.5, 0.6) is 0 Å². The molecule has 1 saturated heterocycles. The van der Waals surface area contributed by atoms with E-state index in [9.17, 15) is 13.2 Å². The number of ether oxygens (including phenoxy) is 1. The lowest BCUT2D eigenvalue weighted by Crippen LogP contribution is -2.45. The van der Waals surface area contributed by atoms with Gasteiger partial charge >= 0.3 is 6.18 Å². The number of nitrogens with zero attached hydrogens (tertiary/aromatic N) is 1. The van der Waals surface area contributed by atoms with Gasteiger partial charge in [0.05, 0.1) is 24.3 Å². The number of aromatic nitrogens is 1. The predicted octanol–water partition coefficient (Wildman–Crippen LogP) is 4.01. The van der Waals surface area contributed by atoms with E-state index in [0.717, 1.165) is 17.8 Å². The van der Waals surface area contributed by atoms with Crippen molar-refractivity contribution in [3.8, 4) is 0 Å². The molecule has 2 aromatic rings. The van der Waals surface area contributed by atoms with Gasteiger partial charge in [0.15, 0.2) is 0 Å². The Morgan fingerprint density at radius 1 is 1.27 bits per heavy atom. The number of pyridine rings is 1. The highest BCUT2D eigenvalue weighted by Crippen LogP contribution is 2.34. The number of halogens is 3. The second kappa shape index (κ2) is 5.12. The lowest BCUT2D eigenvalue weighted by Gasteiger charge is -2.38. The summed E-state index contributed by atoms with van der Waals surface area (Å²) in [5.74, 6) is 0. The maximum absolute atomic E-state index is 12.8. The highest BCUT2D eigenvalue weighted by molar-refractivity contribution is 5.92. The van der Waals surface area contributed by atoms with Crippen LogP contribution in [0.2, 0.25) is 0 Å². The molecule has 6 heteroatoms. The van der Waals surface area contributed by atoms with Crippen molar-refractivity contribution in [2.75, 3.05) is 25.1 Å². The molecule has 0 saturated carbocycles. The third-order valence-corrected chi connectivity index (χ3v) is 3.87. The van der Waals surface area contributed by atoms with Crippen molar-refractivity contribution >= 4 is 16.6 Å². The maximum atomic E-state index is 12.8. The number of nitrogens with one attached hydrogen (secondary N) is 1. The van der Waals surface area contributed by atoms with Gasteiger partial charge in [-0.1, -0.05) is 13.0 Å². The lowest BCUT2D eigenvalue weighted by molar-refractivity contribution is -0.137. The summed E-state index contributed by atoms with van der Waals surface area (Å²) in [6.07, 6.45) is -4.36. The van der Waals surface area contributed by atoms with Crippen LogP contribution in [0.4, 0.5) is 18.9 Å². The molecule has 1 aliphatic heterocycles. The number of fused-ring (bicyclic) bond motifs is 1. The summed E-state index contributed by atoms with van der Waals surface area (Å²) in [4.78, 5) is 4.22. The van der Waals surface area contributed by atoms with E-state index in [2.05, 4.69) is 17.2 Å². The van der Waals surface area contributed by atoms with Gasteiger partial charge in [0.25, 0.3) is 0 Å². The molecular formula is C16H17F3N2O. The molecule has 1 N–H and O–H groups in total. The third kappa shape index (κ3) is 2.88. The van der Waals surface area contributed by atoms with Gasteiger partial charge in [0.2, 0.25) is 0 Å². The number of aryl methyl sites for hydroxylation is 1. The average Bonchev–Trinajstić information content (AvgIpc) is 2.40. The minimum Gasteiger partial charge on any atom is -0.384 e. The zero-order valence-corrected chi connectivity index (χ0v) is 12.4. The van der Waals surface area contributed by atoms with E-state index in [0.29, 0.717) is 36.4 Å². The van der Waals surface area contributed by atoms with E-state index in [4.69, 9.17) is 4.74 Å². The van der Waals surface area contributed by atoms with Crippen LogP contribution in [0.3, 0.4) is 0 Å². The third-order valence-electron chi connectivity index (χ3n) is 3.87. The molecule has 3 rings (SSSR count). The van der Waals surface area contributed by atoms with Crippen LogP contribution in [-0.4, -0.2) is 24.7 Å². The molecule has 118 valence electrons. The number of anilines is 1. The Hall–Kier alpha value is -1.82. The molecule has 1 aromatic heterocycles. The number of hydrogen-bond donors (Lipinski definition) is 1. The molecule has 0 bridgehead atoms. The van der Waals surface area contributed by atoms with Crippen molar-refractivity contribution in [2.24, 2.45) is 5.41 Å². The highest BCUT2D eigenvalue weighted by Gasteiger charge is 2.33. The fraction of sp³-hybridized carbons (Fsp3) is 0.438. The fourth-order valence-corrected chi connectivity index (χ4v) is 2.54. The van der Waals surface area contributed by atoms with E-state index < -0.39 is 11.7 Å². The molecule has 0 spiro atoms. The van der Waals surface area contributed by atoms with Crippen molar-refractivity contribution < 1.29 is 17.9 Å². The van der Waals surface area contributed by atoms with Crippen LogP contribution in [0.25, 0.3) is 10.9 Å². The minimum atomic E-state index is -4.36. The SMILES string of the molecule is Cc1cc(NCC2(C)COC2)c2ccc(C(F)(F)F)cc2n1. The van der Waals surface area contributed by atoms with Gasteiger partial charge in [-0.15, -0.1) is 0 Å². The summed E-state index contributed by atoms with van der Waals surface area (Å²) < 4.78 is 43.7. The summed E-state index contributed by atoms with van der Waals surface area (Å²) >= 11 is 0. The largest absolute Gasteiger partial charge is 0.416 e. The van der Waals surface area contributed by atoms with E-state index in [1.54, 1.807) is 6.92 Å². The van der Waals surface area contributed by atoms with Gasteiger partial charge in [0, 0.05) is 28.7 Å². The normalized spacial score (nSPS) is 17.3. The predicted molar refractivity (Wildman–Crippen MR) is 78.9 cm³/mol. The Labute approximate surface area is 126 Å². The molecule has 0 unspecified atom stereocenters. The monoisotopic (exact) mass is 310 g/mol. The van der Waals surface area contributed by atoms with Gasteiger partial charge in [-0.25, -0.2) is 0 Å². The second-order valence-corrected chi connectivity index (χ2v) is 6.20. The lowest BCUT2D eigenvalue weighted by atomic mass is 9.88. The van der Waals surface area contributed by atoms with Gasteiger partial charge in [-0.05, 0) is 25.1 Å². The smallest absolute Gasteiger partial charge is 0.384 e. The van der Waals surface area contributed by atoms with Crippen LogP contribution in [0.15, 0.2) is 24.3 Å². The van der Waals surface area contributed by atoms with Crippen LogP contribution < -0.4 is 5.32 Å². The molecule has 1 aromatic carbocycles. The summed E-state index contributed by atoms with van der Waals surface area (Å²) in [5.41, 5.74) is 1.25. The zero-order chi connectivity index (χ0) is 16.0. The van der Waals surface area contributed by atoms with Crippen LogP contribution in [0, 0.1) is 12.3 Å². The first-order chi connectivity index (χ1) is 10.3. The number of alkyl halides is 3. The van der Waals surface area contributed by atoms with E-state index in [1.807, 2.05) is 6.07 Å². The standard InChI is InChI=1S/C16H17F3N2O/c1-10-5-13(20-7-15(2)8-22-9-15)12-4-3-11(16(17,18)19)6-14(12)21-10/h3-6H,7-9H2,1-2H3,(H,20,21). The molecule has 22 heavy (non-hydrogen) atoms. The molecule has 0 aliphatic carbocycles. The molecule has 3 nitrogen and oxygen atoms in total. The van der Waals surface area contributed by atoms with Gasteiger partial charge in [-0.2, -0.15) is 13.2 Å². The Kier molecular flexibility index (Phi) is 3.51. The molecule has 0 radical (unpaired) electrons. The van der Waals surface area contributed by atoms with Gasteiger partial charge in [0.1, 0.15) is 0 Å². The fourth-order valence-electron chi connectivity index (χ4n) is 2.54. The Morgan fingerprint density at radius 3 is 2.59 bits per heavy atom. The Morgan fingerprint density at radius 2 is 2.00 bits per heavy atom. The van der Waals surface area contributed by atoms with Gasteiger partial charge in [-0.3, -0.25) is 4.98 Å². The average molecular weight is 310 g/mol. The number of rotatable bonds is 3. The van der Waals surface area contributed by atoms with Crippen molar-refractivity contribution in [2.45, 2.75) is 20.0 Å². The van der Waals surface area contributed by atoms with Crippen molar-refractivity contribution in [1.29, 1.82) is 0 Å². The first kappa shape index (κ1) is 15.1. The molecule has 0 atom stereocenters. The quantitative estimate of drug-likeness (QED) is 0.930. The highest BCUT2D eigenvalue weighted by atomic mass is 19.4. The zero-order valence-electron chi connectivity index (χ0n) is 12.4. The second-order valence-electron chi connectivity index (χ2n) is 6.20. The first-order valence-corrected chi connectivity index (χ1v) is 7.07. The van der Waals surface area contributed by atoms with Gasteiger partial charge < -0.3 is 10.1 Å². The van der Waals surface area contributed by atoms with E-state index >= 15 is 0 Å².